The first-order valence-electron chi connectivity index (χ1n) is 4.04. The van der Waals surface area contributed by atoms with Crippen molar-refractivity contribution >= 4 is 8.07 Å². The predicted octanol–water partition coefficient (Wildman–Crippen LogP) is 2.58. The van der Waals surface area contributed by atoms with Crippen molar-refractivity contribution in [3.8, 4) is 0 Å². The lowest BCUT2D eigenvalue weighted by Gasteiger charge is -2.39. The van der Waals surface area contributed by atoms with Crippen molar-refractivity contribution in [3.63, 3.8) is 0 Å². The molecule has 0 fully saturated rings. The molecule has 0 spiro atoms. The van der Waals surface area contributed by atoms with Crippen LogP contribution in [0.1, 0.15) is 20.8 Å². The van der Waals surface area contributed by atoms with E-state index in [2.05, 4.69) is 40.4 Å². The molecule has 0 aromatic heterocycles. The van der Waals surface area contributed by atoms with Gasteiger partial charge < -0.3 is 5.11 Å². The third-order valence-electron chi connectivity index (χ3n) is 2.90. The highest BCUT2D eigenvalue weighted by Crippen LogP contribution is 2.38. The van der Waals surface area contributed by atoms with Crippen LogP contribution < -0.4 is 0 Å². The summed E-state index contributed by atoms with van der Waals surface area (Å²) >= 11 is 0. The molecule has 1 atom stereocenters. The molecule has 0 amide bonds. The quantitative estimate of drug-likeness (QED) is 0.501. The number of aliphatic hydroxyl groups is 1. The van der Waals surface area contributed by atoms with Gasteiger partial charge in [-0.2, -0.15) is 0 Å². The summed E-state index contributed by atoms with van der Waals surface area (Å²) in [5.41, 5.74) is -0.289. The van der Waals surface area contributed by atoms with Crippen molar-refractivity contribution in [2.75, 3.05) is 0 Å². The molecule has 0 saturated heterocycles. The Kier molecular flexibility index (Phi) is 3.09. The topological polar surface area (TPSA) is 20.2 Å². The summed E-state index contributed by atoms with van der Waals surface area (Å²) in [6.45, 7) is 14.6. The van der Waals surface area contributed by atoms with E-state index in [1.165, 1.54) is 0 Å². The molecule has 0 aliphatic carbocycles. The summed E-state index contributed by atoms with van der Waals surface area (Å²) in [6.07, 6.45) is 1.66. The third-order valence-corrected chi connectivity index (χ3v) is 8.48. The van der Waals surface area contributed by atoms with Gasteiger partial charge in [0.15, 0.2) is 0 Å². The zero-order valence-electron chi connectivity index (χ0n) is 8.31. The Morgan fingerprint density at radius 2 is 1.73 bits per heavy atom. The summed E-state index contributed by atoms with van der Waals surface area (Å²) in [5, 5.41) is 9.90. The Balaban J connectivity index is 4.58. The fourth-order valence-electron chi connectivity index (χ4n) is 0.738. The first-order valence-corrected chi connectivity index (χ1v) is 7.12. The van der Waals surface area contributed by atoms with E-state index in [-0.39, 0.29) is 10.8 Å². The first-order chi connectivity index (χ1) is 4.73. The molecule has 0 aliphatic heterocycles. The van der Waals surface area contributed by atoms with Gasteiger partial charge >= 0.3 is 0 Å². The lowest BCUT2D eigenvalue weighted by Crippen LogP contribution is -2.48. The van der Waals surface area contributed by atoms with Gasteiger partial charge in [-0.05, 0) is 5.04 Å². The van der Waals surface area contributed by atoms with Gasteiger partial charge in [-0.3, -0.25) is 0 Å². The Hall–Kier alpha value is -0.0831. The molecule has 0 saturated carbocycles. The number of aliphatic hydroxyl groups excluding tert-OH is 1. The third kappa shape index (κ3) is 2.17. The lowest BCUT2D eigenvalue weighted by atomic mass is 10.2. The Morgan fingerprint density at radius 1 is 1.36 bits per heavy atom. The van der Waals surface area contributed by atoms with Crippen LogP contribution in [0.2, 0.25) is 18.1 Å². The molecule has 0 aromatic rings. The smallest absolute Gasteiger partial charge is 0.0913 e. The molecule has 11 heavy (non-hydrogen) atoms. The minimum Gasteiger partial charge on any atom is -0.393 e. The van der Waals surface area contributed by atoms with Crippen LogP contribution >= 0.6 is 0 Å². The van der Waals surface area contributed by atoms with Crippen molar-refractivity contribution < 1.29 is 5.11 Å². The maximum absolute atomic E-state index is 9.66. The summed E-state index contributed by atoms with van der Waals surface area (Å²) in [5.74, 6) is 0. The van der Waals surface area contributed by atoms with Gasteiger partial charge in [0.1, 0.15) is 0 Å². The maximum atomic E-state index is 9.66. The molecule has 0 heterocycles. The summed E-state index contributed by atoms with van der Waals surface area (Å²) < 4.78 is 0. The number of rotatable bonds is 2. The van der Waals surface area contributed by atoms with Gasteiger partial charge in [0.2, 0.25) is 0 Å². The largest absolute Gasteiger partial charge is 0.393 e. The van der Waals surface area contributed by atoms with Crippen LogP contribution in [0.15, 0.2) is 12.7 Å². The Labute approximate surface area is 71.1 Å². The highest BCUT2D eigenvalue weighted by Gasteiger charge is 2.39. The van der Waals surface area contributed by atoms with Gasteiger partial charge in [-0.25, -0.2) is 0 Å². The molecular formula is C9H20OSi. The number of hydrogen-bond donors (Lipinski definition) is 1. The SMILES string of the molecule is C=C[C@H](O)[Si](C)(C)C(C)(C)C. The van der Waals surface area contributed by atoms with Crippen LogP contribution in [0.4, 0.5) is 0 Å². The molecule has 0 radical (unpaired) electrons. The molecule has 2 heteroatoms. The predicted molar refractivity (Wildman–Crippen MR) is 53.4 cm³/mol. The monoisotopic (exact) mass is 172 g/mol. The van der Waals surface area contributed by atoms with Crippen LogP contribution in [-0.4, -0.2) is 18.9 Å². The maximum Gasteiger partial charge on any atom is 0.0913 e. The minimum atomic E-state index is -1.57. The molecule has 0 unspecified atom stereocenters. The second-order valence-corrected chi connectivity index (χ2v) is 10.2. The zero-order valence-corrected chi connectivity index (χ0v) is 9.31. The van der Waals surface area contributed by atoms with E-state index in [1.807, 2.05) is 0 Å². The normalized spacial score (nSPS) is 16.2. The zero-order chi connectivity index (χ0) is 9.28. The van der Waals surface area contributed by atoms with Gasteiger partial charge in [0.05, 0.1) is 13.8 Å². The number of hydrogen-bond acceptors (Lipinski definition) is 1. The molecule has 0 bridgehead atoms. The highest BCUT2D eigenvalue weighted by atomic mass is 28.3. The Bertz CT molecular complexity index is 144. The van der Waals surface area contributed by atoms with Crippen molar-refractivity contribution in [2.45, 2.75) is 44.6 Å². The minimum absolute atomic E-state index is 0.237. The van der Waals surface area contributed by atoms with Gasteiger partial charge in [0.25, 0.3) is 0 Å². The van der Waals surface area contributed by atoms with Crippen molar-refractivity contribution in [1.29, 1.82) is 0 Å². The molecule has 0 aliphatic rings. The van der Waals surface area contributed by atoms with E-state index in [1.54, 1.807) is 6.08 Å². The van der Waals surface area contributed by atoms with E-state index >= 15 is 0 Å². The van der Waals surface area contributed by atoms with Crippen molar-refractivity contribution in [3.05, 3.63) is 12.7 Å². The van der Waals surface area contributed by atoms with E-state index in [4.69, 9.17) is 0 Å². The average molecular weight is 172 g/mol. The summed E-state index contributed by atoms with van der Waals surface area (Å²) in [7, 11) is -1.57. The second kappa shape index (κ2) is 3.11. The van der Waals surface area contributed by atoms with Gasteiger partial charge in [-0.15, -0.1) is 6.58 Å². The van der Waals surface area contributed by atoms with Gasteiger partial charge in [-0.1, -0.05) is 39.9 Å². The van der Waals surface area contributed by atoms with Crippen molar-refractivity contribution in [1.82, 2.24) is 0 Å². The van der Waals surface area contributed by atoms with E-state index < -0.39 is 8.07 Å². The molecular weight excluding hydrogens is 152 g/mol. The van der Waals surface area contributed by atoms with Crippen LogP contribution in [0.3, 0.4) is 0 Å². The van der Waals surface area contributed by atoms with Crippen LogP contribution in [0, 0.1) is 0 Å². The fourth-order valence-corrected chi connectivity index (χ4v) is 2.21. The van der Waals surface area contributed by atoms with Crippen LogP contribution in [0.5, 0.6) is 0 Å². The van der Waals surface area contributed by atoms with Gasteiger partial charge in [0, 0.05) is 0 Å². The van der Waals surface area contributed by atoms with E-state index in [0.717, 1.165) is 0 Å². The Morgan fingerprint density at radius 3 is 1.82 bits per heavy atom. The lowest BCUT2D eigenvalue weighted by molar-refractivity contribution is 0.284. The molecule has 1 N–H and O–H groups in total. The average Bonchev–Trinajstić information content (AvgIpc) is 1.83. The second-order valence-electron chi connectivity index (χ2n) is 4.65. The molecule has 0 rings (SSSR count). The first kappa shape index (κ1) is 10.9. The summed E-state index contributed by atoms with van der Waals surface area (Å²) in [6, 6.07) is 0. The molecule has 66 valence electrons. The standard InChI is InChI=1S/C9H20OSi/c1-7-8(10)11(5,6)9(2,3)4/h7-8,10H,1H2,2-6H3/t8-/m1/s1. The van der Waals surface area contributed by atoms with Crippen molar-refractivity contribution in [2.24, 2.45) is 0 Å². The molecule has 0 aromatic carbocycles. The summed E-state index contributed by atoms with van der Waals surface area (Å²) in [4.78, 5) is 0. The van der Waals surface area contributed by atoms with E-state index in [9.17, 15) is 5.11 Å². The van der Waals surface area contributed by atoms with Crippen LogP contribution in [0.25, 0.3) is 0 Å². The van der Waals surface area contributed by atoms with E-state index in [0.29, 0.717) is 0 Å². The molecule has 1 nitrogen and oxygen atoms in total. The van der Waals surface area contributed by atoms with Crippen LogP contribution in [-0.2, 0) is 0 Å². The highest BCUT2D eigenvalue weighted by molar-refractivity contribution is 6.81. The fraction of sp³-hybridized carbons (Fsp3) is 0.778.